The molecule has 3 heterocycles. The summed E-state index contributed by atoms with van der Waals surface area (Å²) in [5.41, 5.74) is 1.00. The minimum absolute atomic E-state index is 0.195. The lowest BCUT2D eigenvalue weighted by atomic mass is 10.1. The molecule has 4 rings (SSSR count). The van der Waals surface area contributed by atoms with Crippen LogP contribution in [0.25, 0.3) is 0 Å². The van der Waals surface area contributed by atoms with E-state index in [1.54, 1.807) is 43.6 Å². The summed E-state index contributed by atoms with van der Waals surface area (Å²) in [6.45, 7) is 4.29. The maximum Gasteiger partial charge on any atom is 0.261 e. The van der Waals surface area contributed by atoms with Gasteiger partial charge in [-0.25, -0.2) is 4.98 Å². The van der Waals surface area contributed by atoms with Crippen LogP contribution in [-0.4, -0.2) is 78.0 Å². The largest absolute Gasteiger partial charge is 0.481 e. The number of hydrogen-bond acceptors (Lipinski definition) is 7. The Hall–Kier alpha value is -3.00. The van der Waals surface area contributed by atoms with Gasteiger partial charge in [-0.1, -0.05) is 12.1 Å². The van der Waals surface area contributed by atoms with Gasteiger partial charge in [-0.15, -0.1) is 0 Å². The number of piperazine rings is 1. The zero-order chi connectivity index (χ0) is 18.8. The lowest BCUT2D eigenvalue weighted by molar-refractivity contribution is 0.0635. The number of carbonyl (C=O) groups is 2. The van der Waals surface area contributed by atoms with Crippen LogP contribution in [-0.2, 0) is 0 Å². The van der Waals surface area contributed by atoms with Crippen molar-refractivity contribution in [2.45, 2.75) is 0 Å². The van der Waals surface area contributed by atoms with Gasteiger partial charge in [0.2, 0.25) is 11.8 Å². The molecule has 1 aromatic carbocycles. The Morgan fingerprint density at radius 1 is 0.963 bits per heavy atom. The molecule has 27 heavy (non-hydrogen) atoms. The molecule has 1 aromatic heterocycles. The molecule has 1 saturated heterocycles. The monoisotopic (exact) mass is 367 g/mol. The van der Waals surface area contributed by atoms with Crippen molar-refractivity contribution in [3.05, 3.63) is 47.7 Å². The van der Waals surface area contributed by atoms with Gasteiger partial charge in [0, 0.05) is 51.5 Å². The highest BCUT2D eigenvalue weighted by Gasteiger charge is 2.35. The van der Waals surface area contributed by atoms with Gasteiger partial charge in [-0.2, -0.15) is 4.98 Å². The van der Waals surface area contributed by atoms with Crippen molar-refractivity contribution in [1.82, 2.24) is 19.8 Å². The number of benzene rings is 1. The van der Waals surface area contributed by atoms with Gasteiger partial charge in [-0.3, -0.25) is 19.4 Å². The molecule has 2 aliphatic rings. The SMILES string of the molecule is COc1ccnc(N2CCN(CCN3C(=O)c4ccccc4C3=O)CC2)n1. The standard InChI is InChI=1S/C19H21N5O3/c1-27-16-6-7-20-19(21-16)23-11-8-22(9-12-23)10-13-24-17(25)14-4-2-3-5-15(14)18(24)26/h2-7H,8-13H2,1H3. The van der Waals surface area contributed by atoms with Gasteiger partial charge in [0.1, 0.15) is 0 Å². The van der Waals surface area contributed by atoms with E-state index < -0.39 is 0 Å². The Bertz CT molecular complexity index is 829. The number of rotatable bonds is 5. The van der Waals surface area contributed by atoms with Crippen LogP contribution in [0, 0.1) is 0 Å². The number of nitrogens with zero attached hydrogens (tertiary/aromatic N) is 5. The fraction of sp³-hybridized carbons (Fsp3) is 0.368. The predicted molar refractivity (Wildman–Crippen MR) is 99.0 cm³/mol. The molecule has 2 amide bonds. The number of imide groups is 1. The molecule has 0 N–H and O–H groups in total. The molecule has 140 valence electrons. The molecule has 8 nitrogen and oxygen atoms in total. The normalized spacial score (nSPS) is 17.4. The maximum absolute atomic E-state index is 12.4. The second kappa shape index (κ2) is 7.32. The van der Waals surface area contributed by atoms with Crippen molar-refractivity contribution < 1.29 is 14.3 Å². The van der Waals surface area contributed by atoms with Gasteiger partial charge in [0.05, 0.1) is 18.2 Å². The first kappa shape index (κ1) is 17.4. The van der Waals surface area contributed by atoms with Gasteiger partial charge >= 0.3 is 0 Å². The van der Waals surface area contributed by atoms with Gasteiger partial charge in [0.15, 0.2) is 0 Å². The zero-order valence-corrected chi connectivity index (χ0v) is 15.2. The predicted octanol–water partition coefficient (Wildman–Crippen LogP) is 0.903. The first-order chi connectivity index (χ1) is 13.2. The Morgan fingerprint density at radius 2 is 1.63 bits per heavy atom. The number of fused-ring (bicyclic) bond motifs is 1. The van der Waals surface area contributed by atoms with E-state index in [4.69, 9.17) is 4.74 Å². The van der Waals surface area contributed by atoms with E-state index >= 15 is 0 Å². The van der Waals surface area contributed by atoms with Crippen molar-refractivity contribution in [2.75, 3.05) is 51.3 Å². The van der Waals surface area contributed by atoms with Crippen LogP contribution in [0.2, 0.25) is 0 Å². The Kier molecular flexibility index (Phi) is 4.72. The van der Waals surface area contributed by atoms with Crippen molar-refractivity contribution in [1.29, 1.82) is 0 Å². The average molecular weight is 367 g/mol. The highest BCUT2D eigenvalue weighted by Crippen LogP contribution is 2.22. The van der Waals surface area contributed by atoms with E-state index in [0.29, 0.717) is 36.0 Å². The lowest BCUT2D eigenvalue weighted by Gasteiger charge is -2.35. The molecule has 0 aliphatic carbocycles. The number of carbonyl (C=O) groups excluding carboxylic acids is 2. The number of anilines is 1. The molecule has 0 saturated carbocycles. The summed E-state index contributed by atoms with van der Waals surface area (Å²) in [7, 11) is 1.59. The number of hydrogen-bond donors (Lipinski definition) is 0. The minimum Gasteiger partial charge on any atom is -0.481 e. The molecule has 0 unspecified atom stereocenters. The number of aromatic nitrogens is 2. The third-order valence-corrected chi connectivity index (χ3v) is 5.00. The van der Waals surface area contributed by atoms with Crippen molar-refractivity contribution in [2.24, 2.45) is 0 Å². The highest BCUT2D eigenvalue weighted by molar-refractivity contribution is 6.21. The van der Waals surface area contributed by atoms with E-state index in [0.717, 1.165) is 26.2 Å². The zero-order valence-electron chi connectivity index (χ0n) is 15.2. The van der Waals surface area contributed by atoms with E-state index in [-0.39, 0.29) is 11.8 Å². The number of ether oxygens (including phenoxy) is 1. The molecule has 2 aromatic rings. The summed E-state index contributed by atoms with van der Waals surface area (Å²) in [6, 6.07) is 8.72. The van der Waals surface area contributed by atoms with Crippen molar-refractivity contribution in [3.8, 4) is 5.88 Å². The third kappa shape index (κ3) is 3.35. The van der Waals surface area contributed by atoms with E-state index in [1.165, 1.54) is 4.90 Å². The summed E-state index contributed by atoms with van der Waals surface area (Å²) in [6.07, 6.45) is 1.69. The van der Waals surface area contributed by atoms with Gasteiger partial charge in [-0.05, 0) is 12.1 Å². The Labute approximate surface area is 157 Å². The molecule has 0 atom stereocenters. The molecule has 0 spiro atoms. The van der Waals surface area contributed by atoms with Crippen LogP contribution in [0.1, 0.15) is 20.7 Å². The Morgan fingerprint density at radius 3 is 2.26 bits per heavy atom. The first-order valence-electron chi connectivity index (χ1n) is 8.97. The molecule has 1 fully saturated rings. The van der Waals surface area contributed by atoms with Crippen LogP contribution < -0.4 is 9.64 Å². The van der Waals surface area contributed by atoms with Crippen LogP contribution in [0.15, 0.2) is 36.5 Å². The summed E-state index contributed by atoms with van der Waals surface area (Å²) in [5, 5.41) is 0. The molecular weight excluding hydrogens is 346 g/mol. The summed E-state index contributed by atoms with van der Waals surface area (Å²) in [4.78, 5) is 39.2. The molecule has 0 radical (unpaired) electrons. The smallest absolute Gasteiger partial charge is 0.261 e. The van der Waals surface area contributed by atoms with Gasteiger partial charge in [0.25, 0.3) is 11.8 Å². The first-order valence-corrected chi connectivity index (χ1v) is 8.97. The van der Waals surface area contributed by atoms with Crippen LogP contribution in [0.5, 0.6) is 5.88 Å². The van der Waals surface area contributed by atoms with Crippen LogP contribution in [0.4, 0.5) is 5.95 Å². The van der Waals surface area contributed by atoms with E-state index in [1.807, 2.05) is 0 Å². The Balaban J connectivity index is 1.31. The summed E-state index contributed by atoms with van der Waals surface area (Å²) in [5.74, 6) is 0.820. The minimum atomic E-state index is -0.195. The number of methoxy groups -OCH3 is 1. The van der Waals surface area contributed by atoms with E-state index in [9.17, 15) is 9.59 Å². The van der Waals surface area contributed by atoms with Crippen molar-refractivity contribution in [3.63, 3.8) is 0 Å². The highest BCUT2D eigenvalue weighted by atomic mass is 16.5. The third-order valence-electron chi connectivity index (χ3n) is 5.00. The molecule has 2 aliphatic heterocycles. The molecular formula is C19H21N5O3. The van der Waals surface area contributed by atoms with Crippen LogP contribution in [0.3, 0.4) is 0 Å². The number of amides is 2. The molecule has 8 heteroatoms. The fourth-order valence-electron chi connectivity index (χ4n) is 3.45. The van der Waals surface area contributed by atoms with Crippen LogP contribution >= 0.6 is 0 Å². The maximum atomic E-state index is 12.4. The quantitative estimate of drug-likeness (QED) is 0.727. The van der Waals surface area contributed by atoms with Crippen molar-refractivity contribution >= 4 is 17.8 Å². The second-order valence-corrected chi connectivity index (χ2v) is 6.54. The molecule has 0 bridgehead atoms. The fourth-order valence-corrected chi connectivity index (χ4v) is 3.45. The average Bonchev–Trinajstić information content (AvgIpc) is 2.97. The summed E-state index contributed by atoms with van der Waals surface area (Å²) < 4.78 is 5.15. The van der Waals surface area contributed by atoms with Gasteiger partial charge < -0.3 is 9.64 Å². The lowest BCUT2D eigenvalue weighted by Crippen LogP contribution is -2.49. The second-order valence-electron chi connectivity index (χ2n) is 6.54. The summed E-state index contributed by atoms with van der Waals surface area (Å²) >= 11 is 0. The van der Waals surface area contributed by atoms with E-state index in [2.05, 4.69) is 19.8 Å². The topological polar surface area (TPSA) is 78.9 Å².